The molecule has 1 aromatic carbocycles. The maximum Gasteiger partial charge on any atom is 0.278 e. The van der Waals surface area contributed by atoms with Crippen molar-refractivity contribution in [3.05, 3.63) is 76.3 Å². The lowest BCUT2D eigenvalue weighted by molar-refractivity contribution is 0.102. The fraction of sp³-hybridized carbons (Fsp3) is 0.111. The van der Waals surface area contributed by atoms with E-state index in [4.69, 9.17) is 0 Å². The van der Waals surface area contributed by atoms with Crippen molar-refractivity contribution >= 4 is 33.3 Å². The third-order valence-electron chi connectivity index (χ3n) is 4.03. The van der Waals surface area contributed by atoms with Crippen molar-refractivity contribution in [1.82, 2.24) is 24.4 Å². The molecule has 0 atom stereocenters. The number of aryl methyl sites for hydroxylation is 1. The van der Waals surface area contributed by atoms with Gasteiger partial charge in [0.1, 0.15) is 0 Å². The van der Waals surface area contributed by atoms with Crippen LogP contribution < -0.4 is 5.32 Å². The lowest BCUT2D eigenvalue weighted by atomic mass is 10.1. The van der Waals surface area contributed by atoms with E-state index in [2.05, 4.69) is 55.5 Å². The van der Waals surface area contributed by atoms with Crippen molar-refractivity contribution in [2.45, 2.75) is 13.5 Å². The highest BCUT2D eigenvalue weighted by Gasteiger charge is 2.19. The molecule has 0 spiro atoms. The second kappa shape index (κ2) is 6.72. The van der Waals surface area contributed by atoms with Crippen LogP contribution in [-0.4, -0.2) is 30.3 Å². The summed E-state index contributed by atoms with van der Waals surface area (Å²) in [5, 5.41) is 11.4. The molecule has 0 radical (unpaired) electrons. The summed E-state index contributed by atoms with van der Waals surface area (Å²) >= 11 is 3.39. The van der Waals surface area contributed by atoms with E-state index in [0.29, 0.717) is 22.5 Å². The molecule has 4 aromatic rings. The summed E-state index contributed by atoms with van der Waals surface area (Å²) in [5.41, 5.74) is 3.23. The summed E-state index contributed by atoms with van der Waals surface area (Å²) in [7, 11) is 0. The number of benzene rings is 1. The maximum atomic E-state index is 12.5. The molecular weight excluding hydrogens is 396 g/mol. The van der Waals surface area contributed by atoms with E-state index in [1.54, 1.807) is 33.7 Å². The molecule has 0 bridgehead atoms. The normalized spacial score (nSPS) is 11.0. The van der Waals surface area contributed by atoms with Crippen LogP contribution in [0.4, 0.5) is 5.82 Å². The van der Waals surface area contributed by atoms with E-state index in [0.717, 1.165) is 0 Å². The third-order valence-corrected chi connectivity index (χ3v) is 4.76. The Morgan fingerprint density at radius 3 is 2.81 bits per heavy atom. The molecule has 130 valence electrons. The number of carbonyl (C=O) groups excluding carboxylic acids is 1. The van der Waals surface area contributed by atoms with Gasteiger partial charge in [-0.05, 0) is 40.0 Å². The second-order valence-electron chi connectivity index (χ2n) is 5.83. The van der Waals surface area contributed by atoms with Gasteiger partial charge in [-0.2, -0.15) is 10.2 Å². The number of hydrogen-bond donors (Lipinski definition) is 1. The molecule has 3 heterocycles. The van der Waals surface area contributed by atoms with Crippen LogP contribution in [-0.2, 0) is 6.54 Å². The molecule has 7 nitrogen and oxygen atoms in total. The highest BCUT2D eigenvalue weighted by molar-refractivity contribution is 9.10. The van der Waals surface area contributed by atoms with Gasteiger partial charge in [0, 0.05) is 24.7 Å². The van der Waals surface area contributed by atoms with Gasteiger partial charge in [0.2, 0.25) is 0 Å². The predicted octanol–water partition coefficient (Wildman–Crippen LogP) is 3.30. The number of carbonyl (C=O) groups is 1. The SMILES string of the molecule is Cc1ccccc1Cn1ccc(NC(=O)c2nn3cccnc3c2Br)n1. The number of nitrogens with zero attached hydrogens (tertiary/aromatic N) is 5. The van der Waals surface area contributed by atoms with Crippen LogP contribution in [0, 0.1) is 6.92 Å². The first-order valence-corrected chi connectivity index (χ1v) is 8.79. The van der Waals surface area contributed by atoms with Crippen molar-refractivity contribution in [3.63, 3.8) is 0 Å². The number of amides is 1. The molecule has 3 aromatic heterocycles. The zero-order valence-electron chi connectivity index (χ0n) is 13.9. The maximum absolute atomic E-state index is 12.5. The van der Waals surface area contributed by atoms with E-state index in [-0.39, 0.29) is 11.6 Å². The number of nitrogens with one attached hydrogen (secondary N) is 1. The van der Waals surface area contributed by atoms with E-state index < -0.39 is 0 Å². The monoisotopic (exact) mass is 410 g/mol. The minimum atomic E-state index is -0.344. The zero-order valence-corrected chi connectivity index (χ0v) is 15.5. The van der Waals surface area contributed by atoms with E-state index in [9.17, 15) is 4.79 Å². The fourth-order valence-corrected chi connectivity index (χ4v) is 3.20. The van der Waals surface area contributed by atoms with Crippen LogP contribution in [0.1, 0.15) is 21.6 Å². The largest absolute Gasteiger partial charge is 0.304 e. The number of anilines is 1. The van der Waals surface area contributed by atoms with Gasteiger partial charge in [0.05, 0.1) is 11.0 Å². The van der Waals surface area contributed by atoms with Crippen LogP contribution >= 0.6 is 15.9 Å². The number of rotatable bonds is 4. The Balaban J connectivity index is 1.52. The molecule has 0 unspecified atom stereocenters. The highest BCUT2D eigenvalue weighted by atomic mass is 79.9. The standard InChI is InChI=1S/C18H15BrN6O/c1-12-5-2-3-6-13(12)11-24-10-7-14(22-24)21-18(26)16-15(19)17-20-8-4-9-25(17)23-16/h2-10H,11H2,1H3,(H,21,22,26). The van der Waals surface area contributed by atoms with Gasteiger partial charge in [-0.3, -0.25) is 9.48 Å². The topological polar surface area (TPSA) is 77.1 Å². The summed E-state index contributed by atoms with van der Waals surface area (Å²) in [5.74, 6) is 0.129. The number of aromatic nitrogens is 5. The van der Waals surface area contributed by atoms with Gasteiger partial charge in [-0.25, -0.2) is 9.50 Å². The first-order chi connectivity index (χ1) is 12.6. The number of fused-ring (bicyclic) bond motifs is 1. The summed E-state index contributed by atoms with van der Waals surface area (Å²) < 4.78 is 3.89. The van der Waals surface area contributed by atoms with E-state index in [1.165, 1.54) is 11.1 Å². The Kier molecular flexibility index (Phi) is 4.26. The van der Waals surface area contributed by atoms with E-state index >= 15 is 0 Å². The van der Waals surface area contributed by atoms with Crippen LogP contribution in [0.25, 0.3) is 5.65 Å². The number of hydrogen-bond acceptors (Lipinski definition) is 4. The van der Waals surface area contributed by atoms with Crippen molar-refractivity contribution in [3.8, 4) is 0 Å². The van der Waals surface area contributed by atoms with Crippen LogP contribution in [0.5, 0.6) is 0 Å². The Hall–Kier alpha value is -3.00. The van der Waals surface area contributed by atoms with Crippen LogP contribution in [0.3, 0.4) is 0 Å². The summed E-state index contributed by atoms with van der Waals surface area (Å²) in [6.45, 7) is 2.71. The Labute approximate surface area is 157 Å². The first-order valence-electron chi connectivity index (χ1n) is 8.00. The molecular formula is C18H15BrN6O. The molecule has 0 aliphatic heterocycles. The molecule has 0 aliphatic carbocycles. The molecule has 1 amide bonds. The molecule has 0 saturated heterocycles. The van der Waals surface area contributed by atoms with Crippen molar-refractivity contribution in [2.24, 2.45) is 0 Å². The fourth-order valence-electron chi connectivity index (χ4n) is 2.66. The van der Waals surface area contributed by atoms with Gasteiger partial charge in [-0.15, -0.1) is 0 Å². The molecule has 4 rings (SSSR count). The molecule has 1 N–H and O–H groups in total. The smallest absolute Gasteiger partial charge is 0.278 e. The molecule has 0 saturated carbocycles. The van der Waals surface area contributed by atoms with Gasteiger partial charge < -0.3 is 5.32 Å². The highest BCUT2D eigenvalue weighted by Crippen LogP contribution is 2.21. The van der Waals surface area contributed by atoms with Gasteiger partial charge in [0.25, 0.3) is 5.91 Å². The Bertz CT molecular complexity index is 1100. The summed E-state index contributed by atoms with van der Waals surface area (Å²) in [6, 6.07) is 11.7. The minimum Gasteiger partial charge on any atom is -0.304 e. The van der Waals surface area contributed by atoms with E-state index in [1.807, 2.05) is 18.3 Å². The average Bonchev–Trinajstić information content (AvgIpc) is 3.22. The van der Waals surface area contributed by atoms with Gasteiger partial charge in [0.15, 0.2) is 17.2 Å². The second-order valence-corrected chi connectivity index (χ2v) is 6.62. The van der Waals surface area contributed by atoms with Gasteiger partial charge >= 0.3 is 0 Å². The minimum absolute atomic E-state index is 0.261. The van der Waals surface area contributed by atoms with Gasteiger partial charge in [-0.1, -0.05) is 24.3 Å². The molecule has 8 heteroatoms. The first kappa shape index (κ1) is 16.5. The van der Waals surface area contributed by atoms with Crippen LogP contribution in [0.15, 0.2) is 59.5 Å². The van der Waals surface area contributed by atoms with Crippen molar-refractivity contribution in [2.75, 3.05) is 5.32 Å². The summed E-state index contributed by atoms with van der Waals surface area (Å²) in [4.78, 5) is 16.7. The quantitative estimate of drug-likeness (QED) is 0.559. The Morgan fingerprint density at radius 1 is 1.15 bits per heavy atom. The summed E-state index contributed by atoms with van der Waals surface area (Å²) in [6.07, 6.45) is 5.22. The predicted molar refractivity (Wildman–Crippen MR) is 101 cm³/mol. The molecule has 26 heavy (non-hydrogen) atoms. The number of halogens is 1. The van der Waals surface area contributed by atoms with Crippen molar-refractivity contribution < 1.29 is 4.79 Å². The molecule has 0 fully saturated rings. The Morgan fingerprint density at radius 2 is 2.00 bits per heavy atom. The lowest BCUT2D eigenvalue weighted by Crippen LogP contribution is -2.14. The van der Waals surface area contributed by atoms with Crippen molar-refractivity contribution in [1.29, 1.82) is 0 Å². The average molecular weight is 411 g/mol. The van der Waals surface area contributed by atoms with Crippen LogP contribution in [0.2, 0.25) is 0 Å². The zero-order chi connectivity index (χ0) is 18.1. The lowest BCUT2D eigenvalue weighted by Gasteiger charge is -2.05. The third kappa shape index (κ3) is 3.11. The molecule has 0 aliphatic rings.